The number of carboxylic acid groups (broad SMARTS) is 1. The molecule has 0 aliphatic heterocycles. The van der Waals surface area contributed by atoms with E-state index in [9.17, 15) is 13.2 Å². The minimum atomic E-state index is -3.70. The summed E-state index contributed by atoms with van der Waals surface area (Å²) >= 11 is 4.06. The number of nitrogens with one attached hydrogen (secondary N) is 1. The van der Waals surface area contributed by atoms with Crippen molar-refractivity contribution in [3.05, 3.63) is 14.7 Å². The van der Waals surface area contributed by atoms with E-state index in [0.717, 1.165) is 30.6 Å². The van der Waals surface area contributed by atoms with Crippen molar-refractivity contribution >= 4 is 43.3 Å². The first kappa shape index (κ1) is 16.9. The molecular formula is C13H18BrNO4S2. The van der Waals surface area contributed by atoms with Gasteiger partial charge in [0.2, 0.25) is 10.0 Å². The van der Waals surface area contributed by atoms with Gasteiger partial charge >= 0.3 is 5.97 Å². The van der Waals surface area contributed by atoms with Gasteiger partial charge in [0.1, 0.15) is 9.77 Å². The van der Waals surface area contributed by atoms with Gasteiger partial charge in [-0.05, 0) is 46.7 Å². The topological polar surface area (TPSA) is 83.5 Å². The molecule has 1 aliphatic carbocycles. The van der Waals surface area contributed by atoms with Crippen LogP contribution in [0.2, 0.25) is 0 Å². The molecule has 3 unspecified atom stereocenters. The molecule has 0 saturated heterocycles. The van der Waals surface area contributed by atoms with E-state index in [0.29, 0.717) is 15.6 Å². The van der Waals surface area contributed by atoms with Gasteiger partial charge in [0.05, 0.1) is 3.79 Å². The van der Waals surface area contributed by atoms with Crippen LogP contribution in [0.3, 0.4) is 0 Å². The van der Waals surface area contributed by atoms with Crippen molar-refractivity contribution in [2.75, 3.05) is 0 Å². The molecule has 2 N–H and O–H groups in total. The number of carboxylic acids is 1. The van der Waals surface area contributed by atoms with Crippen molar-refractivity contribution in [1.29, 1.82) is 0 Å². The Morgan fingerprint density at radius 1 is 1.52 bits per heavy atom. The largest absolute Gasteiger partial charge is 0.477 e. The third-order valence-electron chi connectivity index (χ3n) is 4.21. The molecule has 0 aromatic carbocycles. The molecule has 1 aromatic rings. The summed E-state index contributed by atoms with van der Waals surface area (Å²) in [5.74, 6) is -0.290. The molecule has 0 radical (unpaired) electrons. The highest BCUT2D eigenvalue weighted by Gasteiger charge is 2.35. The van der Waals surface area contributed by atoms with E-state index in [1.54, 1.807) is 0 Å². The standard InChI is InChI=1S/C13H18BrNO4S2/c1-3-8-4-5-9(7(8)2)15-21(18,19)11-6-10(13(16)17)20-12(11)14/h6-9,15H,3-5H2,1-2H3,(H,16,17). The predicted molar refractivity (Wildman–Crippen MR) is 85.3 cm³/mol. The second-order valence-corrected chi connectivity index (χ2v) is 9.44. The molecule has 118 valence electrons. The maximum Gasteiger partial charge on any atom is 0.345 e. The highest BCUT2D eigenvalue weighted by Crippen LogP contribution is 2.36. The van der Waals surface area contributed by atoms with Gasteiger partial charge in [-0.25, -0.2) is 17.9 Å². The smallest absolute Gasteiger partial charge is 0.345 e. The second kappa shape index (κ2) is 6.36. The van der Waals surface area contributed by atoms with E-state index >= 15 is 0 Å². The van der Waals surface area contributed by atoms with Crippen molar-refractivity contribution < 1.29 is 18.3 Å². The molecule has 0 spiro atoms. The first-order valence-electron chi connectivity index (χ1n) is 6.81. The monoisotopic (exact) mass is 395 g/mol. The number of rotatable bonds is 5. The number of thiophene rings is 1. The van der Waals surface area contributed by atoms with Crippen LogP contribution in [0.15, 0.2) is 14.7 Å². The van der Waals surface area contributed by atoms with Crippen LogP contribution in [0.1, 0.15) is 42.8 Å². The van der Waals surface area contributed by atoms with Crippen molar-refractivity contribution in [1.82, 2.24) is 4.72 Å². The summed E-state index contributed by atoms with van der Waals surface area (Å²) in [4.78, 5) is 11.0. The van der Waals surface area contributed by atoms with Crippen LogP contribution < -0.4 is 4.72 Å². The molecule has 1 heterocycles. The lowest BCUT2D eigenvalue weighted by molar-refractivity contribution is 0.0702. The fourth-order valence-electron chi connectivity index (χ4n) is 2.89. The quantitative estimate of drug-likeness (QED) is 0.800. The number of hydrogen-bond donors (Lipinski definition) is 2. The van der Waals surface area contributed by atoms with Gasteiger partial charge in [-0.1, -0.05) is 20.3 Å². The van der Waals surface area contributed by atoms with Gasteiger partial charge in [-0.15, -0.1) is 11.3 Å². The highest BCUT2D eigenvalue weighted by atomic mass is 79.9. The zero-order valence-electron chi connectivity index (χ0n) is 11.8. The van der Waals surface area contributed by atoms with E-state index in [1.165, 1.54) is 6.07 Å². The Morgan fingerprint density at radius 3 is 2.67 bits per heavy atom. The molecule has 1 aliphatic rings. The van der Waals surface area contributed by atoms with Crippen molar-refractivity contribution in [3.63, 3.8) is 0 Å². The highest BCUT2D eigenvalue weighted by molar-refractivity contribution is 9.11. The summed E-state index contributed by atoms with van der Waals surface area (Å²) in [5.41, 5.74) is 0. The van der Waals surface area contributed by atoms with Crippen molar-refractivity contribution in [3.8, 4) is 0 Å². The van der Waals surface area contributed by atoms with Crippen molar-refractivity contribution in [2.45, 2.75) is 44.0 Å². The van der Waals surface area contributed by atoms with Gasteiger partial charge in [0.15, 0.2) is 0 Å². The molecule has 0 bridgehead atoms. The summed E-state index contributed by atoms with van der Waals surface area (Å²) < 4.78 is 28.0. The zero-order valence-corrected chi connectivity index (χ0v) is 15.0. The Morgan fingerprint density at radius 2 is 2.19 bits per heavy atom. The van der Waals surface area contributed by atoms with Crippen LogP contribution >= 0.6 is 27.3 Å². The van der Waals surface area contributed by atoms with Gasteiger partial charge in [-0.3, -0.25) is 0 Å². The Kier molecular flexibility index (Phi) is 5.12. The van der Waals surface area contributed by atoms with Crippen LogP contribution in [0, 0.1) is 11.8 Å². The molecular weight excluding hydrogens is 378 g/mol. The maximum atomic E-state index is 12.5. The molecule has 1 saturated carbocycles. The van der Waals surface area contributed by atoms with Gasteiger partial charge < -0.3 is 5.11 Å². The normalized spacial score (nSPS) is 26.1. The van der Waals surface area contributed by atoms with E-state index < -0.39 is 16.0 Å². The first-order valence-corrected chi connectivity index (χ1v) is 9.90. The molecule has 1 aromatic heterocycles. The Labute approximate surface area is 136 Å². The zero-order chi connectivity index (χ0) is 15.8. The van der Waals surface area contributed by atoms with Crippen LogP contribution in [0.25, 0.3) is 0 Å². The molecule has 21 heavy (non-hydrogen) atoms. The molecule has 5 nitrogen and oxygen atoms in total. The number of halogens is 1. The minimum absolute atomic E-state index is 0.00755. The number of carbonyl (C=O) groups is 1. The predicted octanol–water partition coefficient (Wildman–Crippen LogP) is 3.31. The van der Waals surface area contributed by atoms with E-state index in [4.69, 9.17) is 5.11 Å². The Bertz CT molecular complexity index is 641. The van der Waals surface area contributed by atoms with E-state index in [-0.39, 0.29) is 15.8 Å². The lowest BCUT2D eigenvalue weighted by atomic mass is 9.94. The third kappa shape index (κ3) is 3.49. The summed E-state index contributed by atoms with van der Waals surface area (Å²) in [7, 11) is -3.70. The summed E-state index contributed by atoms with van der Waals surface area (Å²) in [6.45, 7) is 4.19. The summed E-state index contributed by atoms with van der Waals surface area (Å²) in [6.07, 6.45) is 2.90. The molecule has 3 atom stereocenters. The summed E-state index contributed by atoms with van der Waals surface area (Å²) in [6, 6.07) is 1.12. The van der Waals surface area contributed by atoms with Gasteiger partial charge in [0, 0.05) is 6.04 Å². The second-order valence-electron chi connectivity index (χ2n) is 5.39. The van der Waals surface area contributed by atoms with E-state index in [2.05, 4.69) is 34.5 Å². The van der Waals surface area contributed by atoms with Crippen LogP contribution in [-0.4, -0.2) is 25.5 Å². The lowest BCUT2D eigenvalue weighted by Crippen LogP contribution is -2.37. The van der Waals surface area contributed by atoms with Crippen LogP contribution in [0.4, 0.5) is 0 Å². The molecule has 8 heteroatoms. The van der Waals surface area contributed by atoms with Crippen LogP contribution in [-0.2, 0) is 10.0 Å². The third-order valence-corrected chi connectivity index (χ3v) is 7.94. The molecule has 0 amide bonds. The lowest BCUT2D eigenvalue weighted by Gasteiger charge is -2.20. The van der Waals surface area contributed by atoms with Gasteiger partial charge in [-0.2, -0.15) is 0 Å². The Hall–Kier alpha value is -0.440. The SMILES string of the molecule is CCC1CCC(NS(=O)(=O)c2cc(C(=O)O)sc2Br)C1C. The maximum absolute atomic E-state index is 12.5. The summed E-state index contributed by atoms with van der Waals surface area (Å²) in [5, 5.41) is 8.96. The Balaban J connectivity index is 2.21. The minimum Gasteiger partial charge on any atom is -0.477 e. The molecule has 1 fully saturated rings. The first-order chi connectivity index (χ1) is 9.76. The number of aromatic carboxylic acids is 1. The molecule has 2 rings (SSSR count). The fraction of sp³-hybridized carbons (Fsp3) is 0.615. The average molecular weight is 396 g/mol. The number of sulfonamides is 1. The van der Waals surface area contributed by atoms with Crippen LogP contribution in [0.5, 0.6) is 0 Å². The van der Waals surface area contributed by atoms with Crippen molar-refractivity contribution in [2.24, 2.45) is 11.8 Å². The number of hydrogen-bond acceptors (Lipinski definition) is 4. The van der Waals surface area contributed by atoms with Gasteiger partial charge in [0.25, 0.3) is 0 Å². The average Bonchev–Trinajstić information content (AvgIpc) is 2.94. The van der Waals surface area contributed by atoms with E-state index in [1.807, 2.05) is 0 Å². The fourth-order valence-corrected chi connectivity index (χ4v) is 6.66.